The van der Waals surface area contributed by atoms with Crippen LogP contribution in [-0.2, 0) is 18.0 Å². The van der Waals surface area contributed by atoms with Crippen LogP contribution in [0.15, 0.2) is 115 Å². The van der Waals surface area contributed by atoms with E-state index < -0.39 is 5.91 Å². The number of ether oxygens (including phenoxy) is 3. The summed E-state index contributed by atoms with van der Waals surface area (Å²) in [5.41, 5.74) is 3.16. The maximum Gasteiger partial charge on any atom is 0.266 e. The molecule has 0 atom stereocenters. The zero-order valence-corrected chi connectivity index (χ0v) is 23.6. The second-order valence-corrected chi connectivity index (χ2v) is 9.84. The Hall–Kier alpha value is -5.25. The van der Waals surface area contributed by atoms with Crippen LogP contribution in [0, 0.1) is 11.3 Å². The van der Waals surface area contributed by atoms with Crippen molar-refractivity contribution >= 4 is 40.0 Å². The summed E-state index contributed by atoms with van der Waals surface area (Å²) in [7, 11) is 1.55. The number of anilines is 1. The molecular weight excluding hydrogens is 548 g/mol. The number of halogens is 1. The van der Waals surface area contributed by atoms with Crippen molar-refractivity contribution in [1.82, 2.24) is 0 Å². The minimum Gasteiger partial charge on any atom is -0.493 e. The third kappa shape index (κ3) is 7.08. The van der Waals surface area contributed by atoms with E-state index in [-0.39, 0.29) is 5.57 Å². The van der Waals surface area contributed by atoms with Crippen molar-refractivity contribution < 1.29 is 19.0 Å². The molecule has 0 fully saturated rings. The largest absolute Gasteiger partial charge is 0.493 e. The lowest BCUT2D eigenvalue weighted by Crippen LogP contribution is -2.13. The normalized spacial score (nSPS) is 11.0. The molecule has 0 saturated carbocycles. The molecule has 5 aromatic rings. The van der Waals surface area contributed by atoms with Gasteiger partial charge in [0.05, 0.1) is 7.11 Å². The molecule has 0 aromatic heterocycles. The number of nitriles is 1. The van der Waals surface area contributed by atoms with Gasteiger partial charge in [-0.25, -0.2) is 0 Å². The standard InChI is InChI=1S/C35H27ClN2O4/c1-40-34-20-25(11-18-33(34)42-23-27-7-4-6-26-5-2-3-8-32(26)27)19-28(21-37)35(39)38-30-14-16-31(17-15-30)41-22-24-9-12-29(36)13-10-24/h2-20H,22-23H2,1H3,(H,38,39)/b28-19+. The maximum absolute atomic E-state index is 12.9. The Bertz CT molecular complexity index is 1770. The molecule has 1 amide bonds. The molecule has 42 heavy (non-hydrogen) atoms. The Kier molecular flexibility index (Phi) is 9.03. The van der Waals surface area contributed by atoms with Crippen LogP contribution in [0.5, 0.6) is 17.2 Å². The summed E-state index contributed by atoms with van der Waals surface area (Å²) in [4.78, 5) is 12.9. The lowest BCUT2D eigenvalue weighted by molar-refractivity contribution is -0.112. The predicted octanol–water partition coefficient (Wildman–Crippen LogP) is 8.21. The lowest BCUT2D eigenvalue weighted by Gasteiger charge is -2.13. The molecule has 1 N–H and O–H groups in total. The highest BCUT2D eigenvalue weighted by atomic mass is 35.5. The fourth-order valence-corrected chi connectivity index (χ4v) is 4.49. The van der Waals surface area contributed by atoms with E-state index in [9.17, 15) is 10.1 Å². The van der Waals surface area contributed by atoms with Crippen LogP contribution in [0.25, 0.3) is 16.8 Å². The molecule has 5 rings (SSSR count). The van der Waals surface area contributed by atoms with Gasteiger partial charge in [-0.2, -0.15) is 5.26 Å². The van der Waals surface area contributed by atoms with Gasteiger partial charge in [0.2, 0.25) is 0 Å². The third-order valence-electron chi connectivity index (χ3n) is 6.56. The van der Waals surface area contributed by atoms with E-state index in [1.807, 2.05) is 54.6 Å². The molecule has 208 valence electrons. The molecule has 0 unspecified atom stereocenters. The number of hydrogen-bond acceptors (Lipinski definition) is 5. The summed E-state index contributed by atoms with van der Waals surface area (Å²) in [5, 5.41) is 15.4. The number of nitrogens with zero attached hydrogens (tertiary/aromatic N) is 1. The minimum absolute atomic E-state index is 0.0514. The van der Waals surface area contributed by atoms with E-state index in [2.05, 4.69) is 23.5 Å². The zero-order valence-electron chi connectivity index (χ0n) is 22.8. The van der Waals surface area contributed by atoms with E-state index in [1.165, 1.54) is 6.08 Å². The molecular formula is C35H27ClN2O4. The van der Waals surface area contributed by atoms with Gasteiger partial charge in [-0.3, -0.25) is 4.79 Å². The molecule has 5 aromatic carbocycles. The zero-order chi connectivity index (χ0) is 29.3. The number of carbonyl (C=O) groups is 1. The van der Waals surface area contributed by atoms with E-state index >= 15 is 0 Å². The lowest BCUT2D eigenvalue weighted by atomic mass is 10.1. The molecule has 0 aliphatic rings. The maximum atomic E-state index is 12.9. The number of amides is 1. The summed E-state index contributed by atoms with van der Waals surface area (Å²) in [6, 6.07) is 35.9. The first-order chi connectivity index (χ1) is 20.5. The molecule has 0 bridgehead atoms. The predicted molar refractivity (Wildman–Crippen MR) is 166 cm³/mol. The summed E-state index contributed by atoms with van der Waals surface area (Å²) in [6.45, 7) is 0.754. The van der Waals surface area contributed by atoms with E-state index in [0.29, 0.717) is 46.7 Å². The Labute approximate surface area is 249 Å². The van der Waals surface area contributed by atoms with E-state index in [4.69, 9.17) is 25.8 Å². The molecule has 0 heterocycles. The highest BCUT2D eigenvalue weighted by Crippen LogP contribution is 2.31. The Morgan fingerprint density at radius 3 is 2.38 bits per heavy atom. The second kappa shape index (κ2) is 13.4. The van der Waals surface area contributed by atoms with Crippen molar-refractivity contribution in [2.45, 2.75) is 13.2 Å². The first-order valence-corrected chi connectivity index (χ1v) is 13.6. The first-order valence-electron chi connectivity index (χ1n) is 13.2. The summed E-state index contributed by atoms with van der Waals surface area (Å²) in [6.07, 6.45) is 1.51. The summed E-state index contributed by atoms with van der Waals surface area (Å²) in [5.74, 6) is 1.18. The highest BCUT2D eigenvalue weighted by molar-refractivity contribution is 6.30. The molecule has 0 saturated heterocycles. The van der Waals surface area contributed by atoms with Gasteiger partial charge in [0.25, 0.3) is 5.91 Å². The molecule has 0 radical (unpaired) electrons. The molecule has 0 aliphatic heterocycles. The molecule has 0 aliphatic carbocycles. The monoisotopic (exact) mass is 574 g/mol. The van der Waals surface area contributed by atoms with Gasteiger partial charge >= 0.3 is 0 Å². The molecule has 7 heteroatoms. The van der Waals surface area contributed by atoms with Gasteiger partial charge in [0.15, 0.2) is 11.5 Å². The average Bonchev–Trinajstić information content (AvgIpc) is 3.03. The van der Waals surface area contributed by atoms with E-state index in [0.717, 1.165) is 21.9 Å². The van der Waals surface area contributed by atoms with Crippen LogP contribution in [0.3, 0.4) is 0 Å². The quantitative estimate of drug-likeness (QED) is 0.134. The van der Waals surface area contributed by atoms with Gasteiger partial charge in [-0.05, 0) is 82.1 Å². The summed E-state index contributed by atoms with van der Waals surface area (Å²) >= 11 is 5.92. The number of carbonyl (C=O) groups excluding carboxylic acids is 1. The minimum atomic E-state index is -0.525. The van der Waals surface area contributed by atoms with Gasteiger partial charge in [-0.1, -0.05) is 72.3 Å². The van der Waals surface area contributed by atoms with Crippen LogP contribution >= 0.6 is 11.6 Å². The number of methoxy groups -OCH3 is 1. The van der Waals surface area contributed by atoms with E-state index in [1.54, 1.807) is 49.6 Å². The Morgan fingerprint density at radius 1 is 0.857 bits per heavy atom. The van der Waals surface area contributed by atoms with Crippen LogP contribution in [0.2, 0.25) is 5.02 Å². The number of fused-ring (bicyclic) bond motifs is 1. The van der Waals surface area contributed by atoms with Gasteiger partial charge in [-0.15, -0.1) is 0 Å². The number of hydrogen-bond donors (Lipinski definition) is 1. The van der Waals surface area contributed by atoms with Crippen molar-refractivity contribution in [3.05, 3.63) is 136 Å². The SMILES string of the molecule is COc1cc(/C=C(\C#N)C(=O)Nc2ccc(OCc3ccc(Cl)cc3)cc2)ccc1OCc1cccc2ccccc12. The van der Waals surface area contributed by atoms with Crippen LogP contribution < -0.4 is 19.5 Å². The number of benzene rings is 5. The van der Waals surface area contributed by atoms with Gasteiger partial charge in [0, 0.05) is 10.7 Å². The van der Waals surface area contributed by atoms with Crippen LogP contribution in [-0.4, -0.2) is 13.0 Å². The number of rotatable bonds is 10. The fraction of sp³-hybridized carbons (Fsp3) is 0.0857. The highest BCUT2D eigenvalue weighted by Gasteiger charge is 2.12. The topological polar surface area (TPSA) is 80.6 Å². The molecule has 6 nitrogen and oxygen atoms in total. The Morgan fingerprint density at radius 2 is 1.62 bits per heavy atom. The van der Waals surface area contributed by atoms with Crippen molar-refractivity contribution in [2.75, 3.05) is 12.4 Å². The Balaban J connectivity index is 1.22. The fourth-order valence-electron chi connectivity index (χ4n) is 4.36. The van der Waals surface area contributed by atoms with Gasteiger partial charge in [0.1, 0.15) is 30.6 Å². The second-order valence-electron chi connectivity index (χ2n) is 9.40. The summed E-state index contributed by atoms with van der Waals surface area (Å²) < 4.78 is 17.4. The third-order valence-corrected chi connectivity index (χ3v) is 6.81. The van der Waals surface area contributed by atoms with Crippen LogP contribution in [0.4, 0.5) is 5.69 Å². The smallest absolute Gasteiger partial charge is 0.266 e. The van der Waals surface area contributed by atoms with Crippen LogP contribution in [0.1, 0.15) is 16.7 Å². The van der Waals surface area contributed by atoms with Crippen molar-refractivity contribution in [2.24, 2.45) is 0 Å². The molecule has 0 spiro atoms. The number of nitrogens with one attached hydrogen (secondary N) is 1. The average molecular weight is 575 g/mol. The van der Waals surface area contributed by atoms with Crippen molar-refractivity contribution in [3.63, 3.8) is 0 Å². The van der Waals surface area contributed by atoms with Crippen molar-refractivity contribution in [1.29, 1.82) is 5.26 Å². The van der Waals surface area contributed by atoms with Gasteiger partial charge < -0.3 is 19.5 Å². The van der Waals surface area contributed by atoms with Crippen molar-refractivity contribution in [3.8, 4) is 23.3 Å². The first kappa shape index (κ1) is 28.3.